The van der Waals surface area contributed by atoms with E-state index in [9.17, 15) is 0 Å². The number of thiocarbonyl (C=S) groups is 1. The van der Waals surface area contributed by atoms with Crippen molar-refractivity contribution >= 4 is 23.2 Å². The lowest BCUT2D eigenvalue weighted by Crippen LogP contribution is -1.99. The first-order chi connectivity index (χ1) is 12.5. The molecular formula is C24H30OS. The molecule has 0 atom stereocenters. The summed E-state index contributed by atoms with van der Waals surface area (Å²) in [5.74, 6) is 0.998. The van der Waals surface area contributed by atoms with Crippen LogP contribution in [0.2, 0.25) is 0 Å². The Morgan fingerprint density at radius 1 is 1.00 bits per heavy atom. The standard InChI is InChI=1S/C24H30OS/c1-5-9-21(13-12-20(4)26)16-23-14-18(2)24(19(3)15-23)25-17-22-10-7-6-8-11-22/h6-8,10-11,14-16H,5,9,12-13,17H2,1-4H3/b21-16+. The molecule has 0 fully saturated rings. The molecule has 26 heavy (non-hydrogen) atoms. The predicted octanol–water partition coefficient (Wildman–Crippen LogP) is 7.24. The normalized spacial score (nSPS) is 11.5. The van der Waals surface area contributed by atoms with Gasteiger partial charge in [-0.1, -0.05) is 67.5 Å². The minimum atomic E-state index is 0.604. The van der Waals surface area contributed by atoms with Crippen LogP contribution >= 0.6 is 12.2 Å². The molecule has 0 aliphatic rings. The van der Waals surface area contributed by atoms with Crippen LogP contribution in [0.15, 0.2) is 48.0 Å². The zero-order valence-electron chi connectivity index (χ0n) is 16.5. The van der Waals surface area contributed by atoms with Crippen molar-refractivity contribution in [3.63, 3.8) is 0 Å². The van der Waals surface area contributed by atoms with Crippen molar-refractivity contribution in [3.8, 4) is 5.75 Å². The maximum atomic E-state index is 6.10. The number of benzene rings is 2. The Hall–Kier alpha value is -1.93. The summed E-state index contributed by atoms with van der Waals surface area (Å²) in [5, 5.41) is 0. The summed E-state index contributed by atoms with van der Waals surface area (Å²) < 4.78 is 6.10. The molecule has 0 N–H and O–H groups in total. The molecule has 2 heteroatoms. The zero-order valence-corrected chi connectivity index (χ0v) is 17.3. The van der Waals surface area contributed by atoms with Gasteiger partial charge in [-0.3, -0.25) is 0 Å². The van der Waals surface area contributed by atoms with Gasteiger partial charge in [-0.25, -0.2) is 0 Å². The second kappa shape index (κ2) is 10.3. The van der Waals surface area contributed by atoms with Crippen LogP contribution in [-0.4, -0.2) is 4.86 Å². The van der Waals surface area contributed by atoms with Gasteiger partial charge in [-0.15, -0.1) is 0 Å². The minimum absolute atomic E-state index is 0.604. The molecule has 0 saturated carbocycles. The van der Waals surface area contributed by atoms with E-state index in [0.717, 1.165) is 29.9 Å². The first-order valence-electron chi connectivity index (χ1n) is 9.46. The highest BCUT2D eigenvalue weighted by Gasteiger charge is 2.07. The monoisotopic (exact) mass is 366 g/mol. The maximum absolute atomic E-state index is 6.10. The van der Waals surface area contributed by atoms with Crippen LogP contribution in [0, 0.1) is 13.8 Å². The van der Waals surface area contributed by atoms with Gasteiger partial charge in [0.25, 0.3) is 0 Å². The van der Waals surface area contributed by atoms with Crippen LogP contribution in [0.5, 0.6) is 5.75 Å². The van der Waals surface area contributed by atoms with E-state index in [-0.39, 0.29) is 0 Å². The average molecular weight is 367 g/mol. The molecule has 138 valence electrons. The van der Waals surface area contributed by atoms with Crippen molar-refractivity contribution in [1.29, 1.82) is 0 Å². The van der Waals surface area contributed by atoms with Crippen molar-refractivity contribution in [2.75, 3.05) is 0 Å². The fourth-order valence-corrected chi connectivity index (χ4v) is 3.29. The molecule has 0 aliphatic heterocycles. The molecule has 2 aromatic carbocycles. The molecule has 0 unspecified atom stereocenters. The second-order valence-electron chi connectivity index (χ2n) is 7.01. The van der Waals surface area contributed by atoms with Crippen LogP contribution < -0.4 is 4.74 Å². The number of hydrogen-bond acceptors (Lipinski definition) is 2. The molecule has 0 saturated heterocycles. The largest absolute Gasteiger partial charge is 0.488 e. The molecule has 0 amide bonds. The van der Waals surface area contributed by atoms with Gasteiger partial charge in [0.15, 0.2) is 0 Å². The number of ether oxygens (including phenoxy) is 1. The fraction of sp³-hybridized carbons (Fsp3) is 0.375. The molecule has 0 aliphatic carbocycles. The number of hydrogen-bond donors (Lipinski definition) is 0. The summed E-state index contributed by atoms with van der Waals surface area (Å²) in [6.07, 6.45) is 6.69. The van der Waals surface area contributed by atoms with Gasteiger partial charge in [-0.05, 0) is 79.3 Å². The number of aryl methyl sites for hydroxylation is 2. The Kier molecular flexibility index (Phi) is 8.06. The Morgan fingerprint density at radius 2 is 1.65 bits per heavy atom. The SMILES string of the molecule is CCC/C(=C\c1cc(C)c(OCc2ccccc2)c(C)c1)CCC(C)=S. The molecule has 0 aromatic heterocycles. The van der Waals surface area contributed by atoms with Crippen molar-refractivity contribution in [1.82, 2.24) is 0 Å². The van der Waals surface area contributed by atoms with Crippen LogP contribution in [-0.2, 0) is 6.61 Å². The average Bonchev–Trinajstić information content (AvgIpc) is 2.60. The van der Waals surface area contributed by atoms with E-state index >= 15 is 0 Å². The highest BCUT2D eigenvalue weighted by molar-refractivity contribution is 7.80. The van der Waals surface area contributed by atoms with E-state index in [1.807, 2.05) is 25.1 Å². The highest BCUT2D eigenvalue weighted by Crippen LogP contribution is 2.28. The highest BCUT2D eigenvalue weighted by atomic mass is 32.1. The van der Waals surface area contributed by atoms with E-state index in [1.54, 1.807) is 0 Å². The third kappa shape index (κ3) is 6.42. The Morgan fingerprint density at radius 3 is 2.23 bits per heavy atom. The van der Waals surface area contributed by atoms with Gasteiger partial charge >= 0.3 is 0 Å². The van der Waals surface area contributed by atoms with Crippen LogP contribution in [0.1, 0.15) is 61.8 Å². The summed E-state index contributed by atoms with van der Waals surface area (Å²) >= 11 is 5.25. The second-order valence-corrected chi connectivity index (χ2v) is 7.71. The Bertz CT molecular complexity index is 736. The summed E-state index contributed by atoms with van der Waals surface area (Å²) in [5.41, 5.74) is 6.31. The van der Waals surface area contributed by atoms with E-state index in [0.29, 0.717) is 6.61 Å². The van der Waals surface area contributed by atoms with Crippen LogP contribution in [0.25, 0.3) is 6.08 Å². The predicted molar refractivity (Wildman–Crippen MR) is 117 cm³/mol. The third-order valence-corrected chi connectivity index (χ3v) is 4.65. The van der Waals surface area contributed by atoms with Gasteiger partial charge in [0.05, 0.1) is 0 Å². The Labute approximate surface area is 164 Å². The van der Waals surface area contributed by atoms with Crippen molar-refractivity contribution in [2.45, 2.75) is 60.0 Å². The quantitative estimate of drug-likeness (QED) is 0.433. The van der Waals surface area contributed by atoms with Crippen molar-refractivity contribution in [2.24, 2.45) is 0 Å². The molecule has 2 aromatic rings. The third-order valence-electron chi connectivity index (χ3n) is 4.45. The molecule has 0 spiro atoms. The molecular weight excluding hydrogens is 336 g/mol. The fourth-order valence-electron chi connectivity index (χ4n) is 3.19. The topological polar surface area (TPSA) is 9.23 Å². The molecule has 0 heterocycles. The maximum Gasteiger partial charge on any atom is 0.125 e. The van der Waals surface area contributed by atoms with E-state index in [1.165, 1.54) is 34.2 Å². The summed E-state index contributed by atoms with van der Waals surface area (Å²) in [4.78, 5) is 1.09. The van der Waals surface area contributed by atoms with Gasteiger partial charge in [-0.2, -0.15) is 0 Å². The zero-order chi connectivity index (χ0) is 18.9. The lowest BCUT2D eigenvalue weighted by Gasteiger charge is -2.14. The van der Waals surface area contributed by atoms with Gasteiger partial charge in [0, 0.05) is 0 Å². The van der Waals surface area contributed by atoms with E-state index in [2.05, 4.69) is 51.1 Å². The molecule has 0 radical (unpaired) electrons. The molecule has 1 nitrogen and oxygen atoms in total. The van der Waals surface area contributed by atoms with Crippen molar-refractivity contribution in [3.05, 3.63) is 70.3 Å². The first kappa shape index (κ1) is 20.4. The number of rotatable bonds is 9. The first-order valence-corrected chi connectivity index (χ1v) is 9.87. The lowest BCUT2D eigenvalue weighted by atomic mass is 9.98. The smallest absolute Gasteiger partial charge is 0.125 e. The van der Waals surface area contributed by atoms with Crippen molar-refractivity contribution < 1.29 is 4.74 Å². The molecule has 0 bridgehead atoms. The van der Waals surface area contributed by atoms with Crippen LogP contribution in [0.4, 0.5) is 0 Å². The summed E-state index contributed by atoms with van der Waals surface area (Å²) in [6, 6.07) is 14.8. The van der Waals surface area contributed by atoms with Gasteiger partial charge in [0.1, 0.15) is 12.4 Å². The van der Waals surface area contributed by atoms with Gasteiger partial charge < -0.3 is 4.74 Å². The Balaban J connectivity index is 2.15. The molecule has 2 rings (SSSR count). The van der Waals surface area contributed by atoms with E-state index < -0.39 is 0 Å². The lowest BCUT2D eigenvalue weighted by molar-refractivity contribution is 0.302. The number of allylic oxidation sites excluding steroid dienone is 1. The van der Waals surface area contributed by atoms with Crippen LogP contribution in [0.3, 0.4) is 0 Å². The summed E-state index contributed by atoms with van der Waals surface area (Å²) in [6.45, 7) is 9.13. The minimum Gasteiger partial charge on any atom is -0.488 e. The van der Waals surface area contributed by atoms with Gasteiger partial charge in [0.2, 0.25) is 0 Å². The van der Waals surface area contributed by atoms with E-state index in [4.69, 9.17) is 17.0 Å². The summed E-state index contributed by atoms with van der Waals surface area (Å²) in [7, 11) is 0.